The summed E-state index contributed by atoms with van der Waals surface area (Å²) in [6.45, 7) is 6.95. The molecular formula is C16H20O6. The first-order valence-corrected chi connectivity index (χ1v) is 6.88. The second-order valence-corrected chi connectivity index (χ2v) is 5.65. The van der Waals surface area contributed by atoms with E-state index in [1.165, 1.54) is 24.3 Å². The minimum atomic E-state index is -1.41. The molecule has 22 heavy (non-hydrogen) atoms. The van der Waals surface area contributed by atoms with Crippen LogP contribution in [0.5, 0.6) is 0 Å². The lowest BCUT2D eigenvalue weighted by atomic mass is 9.98. The second kappa shape index (κ2) is 7.06. The molecule has 0 aromatic heterocycles. The van der Waals surface area contributed by atoms with Crippen LogP contribution in [0.3, 0.4) is 0 Å². The van der Waals surface area contributed by atoms with E-state index in [1.54, 1.807) is 27.7 Å². The molecule has 6 heteroatoms. The number of rotatable bonds is 5. The Hall–Kier alpha value is -2.37. The van der Waals surface area contributed by atoms with E-state index in [0.717, 1.165) is 0 Å². The topological polar surface area (TPSA) is 89.9 Å². The van der Waals surface area contributed by atoms with Crippen molar-refractivity contribution in [1.82, 2.24) is 0 Å². The van der Waals surface area contributed by atoms with Crippen LogP contribution in [0, 0.1) is 0 Å². The van der Waals surface area contributed by atoms with Crippen LogP contribution in [-0.4, -0.2) is 35.2 Å². The lowest BCUT2D eigenvalue weighted by Gasteiger charge is -2.19. The highest BCUT2D eigenvalue weighted by Crippen LogP contribution is 2.20. The van der Waals surface area contributed by atoms with Crippen molar-refractivity contribution in [2.24, 2.45) is 0 Å². The van der Waals surface area contributed by atoms with E-state index < -0.39 is 29.4 Å². The number of hydrogen-bond donors (Lipinski definition) is 1. The molecule has 0 aliphatic heterocycles. The Balaban J connectivity index is 2.97. The van der Waals surface area contributed by atoms with Crippen molar-refractivity contribution in [3.63, 3.8) is 0 Å². The Morgan fingerprint density at radius 2 is 1.68 bits per heavy atom. The van der Waals surface area contributed by atoms with Gasteiger partial charge < -0.3 is 14.6 Å². The molecule has 120 valence electrons. The minimum Gasteiger partial charge on any atom is -0.480 e. The Bertz CT molecular complexity index is 553. The van der Waals surface area contributed by atoms with Crippen molar-refractivity contribution in [2.75, 3.05) is 6.61 Å². The average Bonchev–Trinajstić information content (AvgIpc) is 2.37. The molecule has 0 bridgehead atoms. The van der Waals surface area contributed by atoms with Crippen LogP contribution in [0.2, 0.25) is 0 Å². The van der Waals surface area contributed by atoms with Crippen molar-refractivity contribution in [3.05, 3.63) is 35.4 Å². The smallest absolute Gasteiger partial charge is 0.338 e. The molecule has 1 N–H and O–H groups in total. The first-order valence-electron chi connectivity index (χ1n) is 6.88. The minimum absolute atomic E-state index is 0.0958. The molecule has 1 unspecified atom stereocenters. The Morgan fingerprint density at radius 1 is 1.14 bits per heavy atom. The van der Waals surface area contributed by atoms with Crippen molar-refractivity contribution in [1.29, 1.82) is 0 Å². The van der Waals surface area contributed by atoms with E-state index >= 15 is 0 Å². The SMILES string of the molecule is CCOC(=O)C(C(=O)O)c1ccc(C(=O)OC(C)(C)C)cc1. The number of hydrogen-bond acceptors (Lipinski definition) is 5. The maximum atomic E-state index is 11.9. The number of carbonyl (C=O) groups excluding carboxylic acids is 2. The first-order chi connectivity index (χ1) is 10.2. The summed E-state index contributed by atoms with van der Waals surface area (Å²) >= 11 is 0. The number of carboxylic acid groups (broad SMARTS) is 1. The highest BCUT2D eigenvalue weighted by molar-refractivity contribution is 6.00. The van der Waals surface area contributed by atoms with Crippen LogP contribution < -0.4 is 0 Å². The Labute approximate surface area is 129 Å². The number of carbonyl (C=O) groups is 3. The second-order valence-electron chi connectivity index (χ2n) is 5.65. The fraction of sp³-hybridized carbons (Fsp3) is 0.438. The molecule has 0 heterocycles. The van der Waals surface area contributed by atoms with E-state index in [0.29, 0.717) is 0 Å². The molecule has 1 atom stereocenters. The van der Waals surface area contributed by atoms with Gasteiger partial charge in [-0.1, -0.05) is 12.1 Å². The maximum Gasteiger partial charge on any atom is 0.338 e. The number of carboxylic acids is 1. The molecule has 0 radical (unpaired) electrons. The summed E-state index contributed by atoms with van der Waals surface area (Å²) in [5, 5.41) is 9.16. The molecule has 0 saturated heterocycles. The zero-order valence-corrected chi connectivity index (χ0v) is 13.1. The normalized spacial score (nSPS) is 12.4. The highest BCUT2D eigenvalue weighted by atomic mass is 16.6. The van der Waals surface area contributed by atoms with Gasteiger partial charge in [-0.15, -0.1) is 0 Å². The van der Waals surface area contributed by atoms with Gasteiger partial charge in [-0.05, 0) is 45.4 Å². The largest absolute Gasteiger partial charge is 0.480 e. The fourth-order valence-corrected chi connectivity index (χ4v) is 1.75. The molecule has 1 aromatic carbocycles. The van der Waals surface area contributed by atoms with Gasteiger partial charge in [0.1, 0.15) is 5.60 Å². The van der Waals surface area contributed by atoms with Crippen molar-refractivity contribution >= 4 is 17.9 Å². The van der Waals surface area contributed by atoms with Gasteiger partial charge >= 0.3 is 17.9 Å². The molecule has 0 fully saturated rings. The van der Waals surface area contributed by atoms with Crippen molar-refractivity contribution in [2.45, 2.75) is 39.2 Å². The standard InChI is InChI=1S/C16H20O6/c1-5-21-15(20)12(13(17)18)10-6-8-11(9-7-10)14(19)22-16(2,3)4/h6-9,12H,5H2,1-4H3,(H,17,18). The summed E-state index contributed by atoms with van der Waals surface area (Å²) in [4.78, 5) is 34.8. The molecule has 0 amide bonds. The zero-order chi connectivity index (χ0) is 16.9. The summed E-state index contributed by atoms with van der Waals surface area (Å²) < 4.78 is 9.96. The van der Waals surface area contributed by atoms with Gasteiger partial charge in [0.2, 0.25) is 0 Å². The maximum absolute atomic E-state index is 11.9. The van der Waals surface area contributed by atoms with E-state index in [-0.39, 0.29) is 17.7 Å². The summed E-state index contributed by atoms with van der Waals surface area (Å²) in [6.07, 6.45) is 0. The Morgan fingerprint density at radius 3 is 2.09 bits per heavy atom. The van der Waals surface area contributed by atoms with Gasteiger partial charge in [0.15, 0.2) is 5.92 Å². The van der Waals surface area contributed by atoms with Crippen LogP contribution in [0.1, 0.15) is 49.5 Å². The van der Waals surface area contributed by atoms with Crippen LogP contribution in [0.4, 0.5) is 0 Å². The van der Waals surface area contributed by atoms with E-state index in [2.05, 4.69) is 0 Å². The van der Waals surface area contributed by atoms with Crippen LogP contribution in [-0.2, 0) is 19.1 Å². The van der Waals surface area contributed by atoms with Gasteiger partial charge in [0.05, 0.1) is 12.2 Å². The third kappa shape index (κ3) is 4.87. The Kier molecular flexibility index (Phi) is 5.68. The van der Waals surface area contributed by atoms with Crippen LogP contribution in [0.25, 0.3) is 0 Å². The van der Waals surface area contributed by atoms with Gasteiger partial charge in [-0.3, -0.25) is 9.59 Å². The molecule has 0 spiro atoms. The quantitative estimate of drug-likeness (QED) is 0.663. The molecule has 0 saturated carbocycles. The third-order valence-electron chi connectivity index (χ3n) is 2.65. The molecule has 1 rings (SSSR count). The first kappa shape index (κ1) is 17.7. The highest BCUT2D eigenvalue weighted by Gasteiger charge is 2.30. The summed E-state index contributed by atoms with van der Waals surface area (Å²) in [5.74, 6) is -4.06. The third-order valence-corrected chi connectivity index (χ3v) is 2.65. The summed E-state index contributed by atoms with van der Waals surface area (Å²) in [7, 11) is 0. The van der Waals surface area contributed by atoms with E-state index in [1.807, 2.05) is 0 Å². The van der Waals surface area contributed by atoms with Gasteiger partial charge in [0.25, 0.3) is 0 Å². The van der Waals surface area contributed by atoms with Gasteiger partial charge in [0, 0.05) is 0 Å². The van der Waals surface area contributed by atoms with Crippen LogP contribution in [0.15, 0.2) is 24.3 Å². The van der Waals surface area contributed by atoms with Gasteiger partial charge in [-0.25, -0.2) is 4.79 Å². The number of aliphatic carboxylic acids is 1. The zero-order valence-electron chi connectivity index (χ0n) is 13.1. The summed E-state index contributed by atoms with van der Waals surface area (Å²) in [5.41, 5.74) is -0.0884. The van der Waals surface area contributed by atoms with Crippen molar-refractivity contribution in [3.8, 4) is 0 Å². The predicted octanol–water partition coefficient (Wildman–Crippen LogP) is 2.37. The van der Waals surface area contributed by atoms with Gasteiger partial charge in [-0.2, -0.15) is 0 Å². The van der Waals surface area contributed by atoms with E-state index in [4.69, 9.17) is 14.6 Å². The monoisotopic (exact) mass is 308 g/mol. The average molecular weight is 308 g/mol. The summed E-state index contributed by atoms with van der Waals surface area (Å²) in [6, 6.07) is 5.68. The predicted molar refractivity (Wildman–Crippen MR) is 78.6 cm³/mol. The fourth-order valence-electron chi connectivity index (χ4n) is 1.75. The number of esters is 2. The number of ether oxygens (including phenoxy) is 2. The molecule has 6 nitrogen and oxygen atoms in total. The van der Waals surface area contributed by atoms with Crippen molar-refractivity contribution < 1.29 is 29.0 Å². The molecule has 0 aliphatic carbocycles. The number of benzene rings is 1. The van der Waals surface area contributed by atoms with E-state index in [9.17, 15) is 14.4 Å². The lowest BCUT2D eigenvalue weighted by Crippen LogP contribution is -2.25. The molecule has 1 aromatic rings. The lowest BCUT2D eigenvalue weighted by molar-refractivity contribution is -0.153. The molecular weight excluding hydrogens is 288 g/mol. The molecule has 0 aliphatic rings. The van der Waals surface area contributed by atoms with Crippen LogP contribution >= 0.6 is 0 Å².